The highest BCUT2D eigenvalue weighted by atomic mass is 32.1. The lowest BCUT2D eigenvalue weighted by Gasteiger charge is -2.44. The molecule has 0 radical (unpaired) electrons. The van der Waals surface area contributed by atoms with Crippen LogP contribution in [0, 0.1) is 18.2 Å². The van der Waals surface area contributed by atoms with Crippen molar-refractivity contribution in [2.75, 3.05) is 43.9 Å². The number of rotatable bonds is 6. The van der Waals surface area contributed by atoms with Crippen molar-refractivity contribution < 1.29 is 31.5 Å². The van der Waals surface area contributed by atoms with Crippen LogP contribution in [0.25, 0.3) is 37.0 Å². The number of alkyl halides is 3. The molecule has 2 aliphatic rings. The standard InChI is InChI=1S/C33H32F5N7O2S/c1-6-23(46)44-13-17(3)45(14-16(44)2)31-20-12-21(33(36,37)38)24(19-9-10-22(34)29-25(19)28(40-4)30(39)48-29)26(35)27(20)41-32(42-31)47-15-18-8-7-11-43(18)5/h6,9-10,12,16-18H,1,7-8,11,13-15,39H2,2-3,5H3. The highest BCUT2D eigenvalue weighted by molar-refractivity contribution is 7.23. The third-order valence-electron chi connectivity index (χ3n) is 9.16. The second-order valence-electron chi connectivity index (χ2n) is 12.2. The first-order chi connectivity index (χ1) is 22.7. The smallest absolute Gasteiger partial charge is 0.417 e. The zero-order valence-corrected chi connectivity index (χ0v) is 27.2. The molecule has 2 fully saturated rings. The minimum Gasteiger partial charge on any atom is -0.462 e. The SMILES string of the molecule is [C-]#[N+]c1c(N)sc2c(F)ccc(-c3c(C(F)(F)F)cc4c(N5CC(C)N(C(=O)C=C)CC5C)nc(OCC5CCCN5C)nc4c3F)c12. The Hall–Kier alpha value is -4.55. The molecule has 1 amide bonds. The van der Waals surface area contributed by atoms with E-state index in [4.69, 9.17) is 17.0 Å². The number of fused-ring (bicyclic) bond motifs is 2. The van der Waals surface area contributed by atoms with Crippen LogP contribution >= 0.6 is 11.3 Å². The number of amides is 1. The number of hydrogen-bond donors (Lipinski definition) is 1. The lowest BCUT2D eigenvalue weighted by molar-refractivity contribution is -0.137. The van der Waals surface area contributed by atoms with Crippen molar-refractivity contribution >= 4 is 54.7 Å². The van der Waals surface area contributed by atoms with Gasteiger partial charge in [0, 0.05) is 47.6 Å². The Morgan fingerprint density at radius 2 is 1.98 bits per heavy atom. The van der Waals surface area contributed by atoms with Crippen molar-refractivity contribution in [3.8, 4) is 17.1 Å². The molecular formula is C33H32F5N7O2S. The maximum absolute atomic E-state index is 17.0. The van der Waals surface area contributed by atoms with Crippen molar-refractivity contribution in [3.05, 3.63) is 59.5 Å². The number of carbonyl (C=O) groups is 1. The number of nitrogen functional groups attached to an aromatic ring is 1. The lowest BCUT2D eigenvalue weighted by Crippen LogP contribution is -2.58. The molecule has 2 aromatic heterocycles. The number of benzene rings is 2. The summed E-state index contributed by atoms with van der Waals surface area (Å²) >= 11 is 0.703. The molecule has 3 atom stereocenters. The van der Waals surface area contributed by atoms with Crippen LogP contribution in [0.4, 0.5) is 38.5 Å². The summed E-state index contributed by atoms with van der Waals surface area (Å²) in [6.07, 6.45) is -2.07. The lowest BCUT2D eigenvalue weighted by atomic mass is 9.93. The number of nitrogens with zero attached hydrogens (tertiary/aromatic N) is 6. The van der Waals surface area contributed by atoms with E-state index in [0.29, 0.717) is 11.3 Å². The third kappa shape index (κ3) is 5.66. The normalized spacial score (nSPS) is 20.4. The number of likely N-dealkylation sites (tertiary alicyclic amines) is 1. The predicted molar refractivity (Wildman–Crippen MR) is 175 cm³/mol. The Morgan fingerprint density at radius 1 is 1.23 bits per heavy atom. The molecule has 3 unspecified atom stereocenters. The average molecular weight is 686 g/mol. The first-order valence-corrected chi connectivity index (χ1v) is 16.1. The molecule has 2 N–H and O–H groups in total. The summed E-state index contributed by atoms with van der Waals surface area (Å²) in [6, 6.07) is 1.72. The number of halogens is 5. The zero-order chi connectivity index (χ0) is 34.7. The van der Waals surface area contributed by atoms with Crippen molar-refractivity contribution in [2.45, 2.75) is 51.0 Å². The number of hydrogen-bond acceptors (Lipinski definition) is 8. The second kappa shape index (κ2) is 12.5. The van der Waals surface area contributed by atoms with Crippen molar-refractivity contribution in [2.24, 2.45) is 0 Å². The number of aromatic nitrogens is 2. The Morgan fingerprint density at radius 3 is 2.62 bits per heavy atom. The Labute approximate surface area is 277 Å². The van der Waals surface area contributed by atoms with Gasteiger partial charge in [-0.15, -0.1) is 11.3 Å². The number of piperazine rings is 1. The highest BCUT2D eigenvalue weighted by Gasteiger charge is 2.40. The van der Waals surface area contributed by atoms with Gasteiger partial charge in [-0.3, -0.25) is 4.79 Å². The van der Waals surface area contributed by atoms with Gasteiger partial charge < -0.3 is 25.2 Å². The minimum absolute atomic E-state index is 0.0154. The molecule has 9 nitrogen and oxygen atoms in total. The van der Waals surface area contributed by atoms with Crippen LogP contribution in [0.5, 0.6) is 6.01 Å². The van der Waals surface area contributed by atoms with E-state index in [1.54, 1.807) is 23.6 Å². The van der Waals surface area contributed by atoms with Crippen LogP contribution < -0.4 is 15.4 Å². The van der Waals surface area contributed by atoms with E-state index in [-0.39, 0.29) is 81.2 Å². The molecule has 0 aliphatic carbocycles. The summed E-state index contributed by atoms with van der Waals surface area (Å²) in [5.41, 5.74) is 2.67. The number of anilines is 2. The van der Waals surface area contributed by atoms with Gasteiger partial charge in [-0.25, -0.2) is 13.6 Å². The molecule has 4 heterocycles. The van der Waals surface area contributed by atoms with Crippen LogP contribution in [0.3, 0.4) is 0 Å². The van der Waals surface area contributed by atoms with Gasteiger partial charge in [0.1, 0.15) is 23.8 Å². The highest BCUT2D eigenvalue weighted by Crippen LogP contribution is 2.50. The topological polar surface area (TPSA) is 92.2 Å². The van der Waals surface area contributed by atoms with Gasteiger partial charge in [0.05, 0.1) is 21.8 Å². The Bertz CT molecular complexity index is 1990. The summed E-state index contributed by atoms with van der Waals surface area (Å²) in [4.78, 5) is 30.2. The van der Waals surface area contributed by atoms with E-state index in [9.17, 15) is 22.4 Å². The number of thiophene rings is 1. The molecule has 0 spiro atoms. The van der Waals surface area contributed by atoms with Crippen molar-refractivity contribution in [1.29, 1.82) is 0 Å². The fraction of sp³-hybridized carbons (Fsp3) is 0.394. The molecule has 0 bridgehead atoms. The maximum atomic E-state index is 17.0. The summed E-state index contributed by atoms with van der Waals surface area (Å²) < 4.78 is 82.6. The van der Waals surface area contributed by atoms with E-state index in [1.165, 1.54) is 6.08 Å². The van der Waals surface area contributed by atoms with Gasteiger partial charge in [-0.05, 0) is 64.1 Å². The predicted octanol–water partition coefficient (Wildman–Crippen LogP) is 7.03. The Balaban J connectivity index is 1.61. The third-order valence-corrected chi connectivity index (χ3v) is 10.2. The molecule has 252 valence electrons. The molecule has 48 heavy (non-hydrogen) atoms. The largest absolute Gasteiger partial charge is 0.462 e. The molecular weight excluding hydrogens is 653 g/mol. The maximum Gasteiger partial charge on any atom is 0.417 e. The van der Waals surface area contributed by atoms with E-state index in [2.05, 4.69) is 26.3 Å². The van der Waals surface area contributed by atoms with Gasteiger partial charge >= 0.3 is 12.2 Å². The molecule has 15 heteroatoms. The fourth-order valence-corrected chi connectivity index (χ4v) is 7.60. The molecule has 2 saturated heterocycles. The zero-order valence-electron chi connectivity index (χ0n) is 26.4. The van der Waals surface area contributed by atoms with Crippen LogP contribution in [-0.4, -0.2) is 77.1 Å². The number of ether oxygens (including phenoxy) is 1. The van der Waals surface area contributed by atoms with E-state index >= 15 is 4.39 Å². The molecule has 4 aromatic rings. The number of likely N-dealkylation sites (N-methyl/N-ethyl adjacent to an activating group) is 1. The molecule has 6 rings (SSSR count). The summed E-state index contributed by atoms with van der Waals surface area (Å²) in [5, 5.41) is -0.530. The monoisotopic (exact) mass is 685 g/mol. The van der Waals surface area contributed by atoms with Gasteiger partial charge in [0.2, 0.25) is 11.6 Å². The van der Waals surface area contributed by atoms with Gasteiger partial charge in [-0.1, -0.05) is 12.6 Å². The first-order valence-electron chi connectivity index (χ1n) is 15.3. The Kier molecular flexibility index (Phi) is 8.67. The molecule has 2 aliphatic heterocycles. The quantitative estimate of drug-likeness (QED) is 0.133. The number of carbonyl (C=O) groups excluding carboxylic acids is 1. The summed E-state index contributed by atoms with van der Waals surface area (Å²) in [5.74, 6) is -2.41. The van der Waals surface area contributed by atoms with E-state index < -0.39 is 40.5 Å². The van der Waals surface area contributed by atoms with E-state index in [0.717, 1.165) is 37.6 Å². The first kappa shape index (κ1) is 33.4. The molecule has 2 aromatic carbocycles. The van der Waals surface area contributed by atoms with Crippen molar-refractivity contribution in [1.82, 2.24) is 19.8 Å². The van der Waals surface area contributed by atoms with Gasteiger partial charge in [0.15, 0.2) is 5.82 Å². The van der Waals surface area contributed by atoms with Crippen molar-refractivity contribution in [3.63, 3.8) is 0 Å². The van der Waals surface area contributed by atoms with Gasteiger partial charge in [0.25, 0.3) is 0 Å². The van der Waals surface area contributed by atoms with Gasteiger partial charge in [-0.2, -0.15) is 23.1 Å². The summed E-state index contributed by atoms with van der Waals surface area (Å²) in [6.45, 7) is 16.2. The van der Waals surface area contributed by atoms with Crippen LogP contribution in [0.15, 0.2) is 30.9 Å². The van der Waals surface area contributed by atoms with Crippen LogP contribution in [0.2, 0.25) is 0 Å². The van der Waals surface area contributed by atoms with E-state index in [1.807, 2.05) is 7.05 Å². The summed E-state index contributed by atoms with van der Waals surface area (Å²) in [7, 11) is 1.95. The second-order valence-corrected chi connectivity index (χ2v) is 13.2. The van der Waals surface area contributed by atoms with Crippen LogP contribution in [-0.2, 0) is 11.0 Å². The molecule has 0 saturated carbocycles. The average Bonchev–Trinajstić information content (AvgIpc) is 3.62. The number of nitrogens with two attached hydrogens (primary N) is 1. The fourth-order valence-electron chi connectivity index (χ4n) is 6.66. The minimum atomic E-state index is -5.08. The van der Waals surface area contributed by atoms with Crippen LogP contribution in [0.1, 0.15) is 32.3 Å².